The van der Waals surface area contributed by atoms with Gasteiger partial charge in [0, 0.05) is 6.92 Å². The standard InChI is InChI=1S/C14H12N2O10/c1-6(17)25-5-7-10-8(15(19)20)4-9(23-2)12(24-3)13(10)26-14(18)11(7)16(21)22/h4H,5H2,1-3H3. The molecule has 1 aromatic heterocycles. The van der Waals surface area contributed by atoms with Crippen LogP contribution in [0.2, 0.25) is 0 Å². The number of non-ortho nitro benzene ring substituents is 1. The molecule has 1 heterocycles. The predicted octanol–water partition coefficient (Wildman–Crippen LogP) is 1.69. The Kier molecular flexibility index (Phi) is 5.05. The van der Waals surface area contributed by atoms with Crippen LogP contribution < -0.4 is 15.1 Å². The van der Waals surface area contributed by atoms with Crippen molar-refractivity contribution < 1.29 is 33.3 Å². The second kappa shape index (κ2) is 7.04. The Morgan fingerprint density at radius 1 is 1.19 bits per heavy atom. The highest BCUT2D eigenvalue weighted by molar-refractivity contribution is 5.97. The number of nitro benzene ring substituents is 1. The molecule has 0 N–H and O–H groups in total. The fourth-order valence-corrected chi connectivity index (χ4v) is 2.36. The van der Waals surface area contributed by atoms with Crippen LogP contribution in [0.1, 0.15) is 12.5 Å². The Morgan fingerprint density at radius 3 is 2.31 bits per heavy atom. The normalized spacial score (nSPS) is 10.4. The van der Waals surface area contributed by atoms with Crippen molar-refractivity contribution in [3.8, 4) is 11.5 Å². The van der Waals surface area contributed by atoms with Gasteiger partial charge in [0.15, 0.2) is 11.3 Å². The molecule has 26 heavy (non-hydrogen) atoms. The van der Waals surface area contributed by atoms with E-state index in [9.17, 15) is 29.8 Å². The van der Waals surface area contributed by atoms with Crippen LogP contribution in [0.3, 0.4) is 0 Å². The zero-order valence-electron chi connectivity index (χ0n) is 13.8. The highest BCUT2D eigenvalue weighted by Gasteiger charge is 2.33. The van der Waals surface area contributed by atoms with Gasteiger partial charge in [0.05, 0.1) is 35.7 Å². The van der Waals surface area contributed by atoms with Gasteiger partial charge < -0.3 is 18.6 Å². The van der Waals surface area contributed by atoms with Crippen molar-refractivity contribution in [2.75, 3.05) is 14.2 Å². The molecule has 2 rings (SSSR count). The van der Waals surface area contributed by atoms with E-state index in [4.69, 9.17) is 18.6 Å². The van der Waals surface area contributed by atoms with Crippen LogP contribution in [0.15, 0.2) is 15.3 Å². The first-order chi connectivity index (χ1) is 12.2. The lowest BCUT2D eigenvalue weighted by molar-refractivity contribution is -0.389. The topological polar surface area (TPSA) is 161 Å². The van der Waals surface area contributed by atoms with E-state index in [1.54, 1.807) is 0 Å². The number of esters is 1. The van der Waals surface area contributed by atoms with Gasteiger partial charge in [-0.25, -0.2) is 4.79 Å². The molecular weight excluding hydrogens is 356 g/mol. The first-order valence-corrected chi connectivity index (χ1v) is 6.89. The Hall–Kier alpha value is -3.70. The molecule has 0 spiro atoms. The van der Waals surface area contributed by atoms with Crippen molar-refractivity contribution in [2.24, 2.45) is 0 Å². The number of hydrogen-bond donors (Lipinski definition) is 0. The molecular formula is C14H12N2O10. The summed E-state index contributed by atoms with van der Waals surface area (Å²) >= 11 is 0. The van der Waals surface area contributed by atoms with Crippen LogP contribution in [-0.4, -0.2) is 30.0 Å². The third-order valence-corrected chi connectivity index (χ3v) is 3.38. The maximum absolute atomic E-state index is 12.1. The smallest absolute Gasteiger partial charge is 0.415 e. The van der Waals surface area contributed by atoms with Gasteiger partial charge in [0.2, 0.25) is 5.75 Å². The first kappa shape index (κ1) is 18.6. The molecule has 0 unspecified atom stereocenters. The van der Waals surface area contributed by atoms with Crippen molar-refractivity contribution in [1.82, 2.24) is 0 Å². The molecule has 12 heteroatoms. The van der Waals surface area contributed by atoms with Crippen molar-refractivity contribution in [1.29, 1.82) is 0 Å². The molecule has 0 radical (unpaired) electrons. The van der Waals surface area contributed by atoms with Gasteiger partial charge in [-0.05, 0) is 0 Å². The zero-order valence-corrected chi connectivity index (χ0v) is 13.8. The molecule has 0 aliphatic rings. The summed E-state index contributed by atoms with van der Waals surface area (Å²) in [5.74, 6) is -1.10. The van der Waals surface area contributed by atoms with E-state index in [1.807, 2.05) is 0 Å². The predicted molar refractivity (Wildman–Crippen MR) is 84.4 cm³/mol. The molecule has 0 bridgehead atoms. The highest BCUT2D eigenvalue weighted by Crippen LogP contribution is 2.43. The summed E-state index contributed by atoms with van der Waals surface area (Å²) in [4.78, 5) is 44.0. The maximum atomic E-state index is 12.1. The van der Waals surface area contributed by atoms with Crippen molar-refractivity contribution >= 4 is 28.3 Å². The number of hydrogen-bond acceptors (Lipinski definition) is 10. The summed E-state index contributed by atoms with van der Waals surface area (Å²) in [5.41, 5.74) is -4.02. The van der Waals surface area contributed by atoms with E-state index < -0.39 is 56.0 Å². The summed E-state index contributed by atoms with van der Waals surface area (Å²) in [6.45, 7) is 0.293. The SMILES string of the molecule is COc1cc([N+](=O)[O-])c2c(COC(C)=O)c([N+](=O)[O-])c(=O)oc2c1OC. The summed E-state index contributed by atoms with van der Waals surface area (Å²) in [6, 6.07) is 0.960. The van der Waals surface area contributed by atoms with Gasteiger partial charge in [-0.2, -0.15) is 0 Å². The fourth-order valence-electron chi connectivity index (χ4n) is 2.36. The van der Waals surface area contributed by atoms with Crippen molar-refractivity contribution in [3.05, 3.63) is 42.3 Å². The number of carbonyl (C=O) groups is 1. The van der Waals surface area contributed by atoms with E-state index in [2.05, 4.69) is 0 Å². The first-order valence-electron chi connectivity index (χ1n) is 6.89. The largest absolute Gasteiger partial charge is 0.492 e. The Morgan fingerprint density at radius 2 is 1.85 bits per heavy atom. The number of fused-ring (bicyclic) bond motifs is 1. The van der Waals surface area contributed by atoms with Crippen molar-refractivity contribution in [3.63, 3.8) is 0 Å². The van der Waals surface area contributed by atoms with Crippen LogP contribution in [-0.2, 0) is 16.1 Å². The molecule has 0 amide bonds. The Bertz CT molecular complexity index is 978. The van der Waals surface area contributed by atoms with Gasteiger partial charge in [-0.15, -0.1) is 0 Å². The summed E-state index contributed by atoms with van der Waals surface area (Å²) < 4.78 is 19.7. The third-order valence-electron chi connectivity index (χ3n) is 3.38. The molecule has 0 saturated heterocycles. The van der Waals surface area contributed by atoms with E-state index in [0.717, 1.165) is 13.0 Å². The van der Waals surface area contributed by atoms with Crippen LogP contribution in [0.5, 0.6) is 11.5 Å². The van der Waals surface area contributed by atoms with Crippen LogP contribution >= 0.6 is 0 Å². The van der Waals surface area contributed by atoms with E-state index in [-0.39, 0.29) is 11.5 Å². The minimum atomic E-state index is -1.38. The molecule has 0 atom stereocenters. The van der Waals surface area contributed by atoms with Crippen LogP contribution in [0, 0.1) is 20.2 Å². The molecule has 12 nitrogen and oxygen atoms in total. The minimum Gasteiger partial charge on any atom is -0.492 e. The lowest BCUT2D eigenvalue weighted by atomic mass is 10.1. The molecule has 1 aromatic carbocycles. The maximum Gasteiger partial charge on any atom is 0.415 e. The second-order valence-corrected chi connectivity index (χ2v) is 4.85. The average molecular weight is 368 g/mol. The molecule has 138 valence electrons. The number of methoxy groups -OCH3 is 2. The number of rotatable bonds is 6. The molecule has 0 aliphatic heterocycles. The summed E-state index contributed by atoms with van der Waals surface area (Å²) in [6.07, 6.45) is 0. The van der Waals surface area contributed by atoms with Crippen LogP contribution in [0.25, 0.3) is 11.0 Å². The Labute approximate surface area is 144 Å². The monoisotopic (exact) mass is 368 g/mol. The van der Waals surface area contributed by atoms with Gasteiger partial charge >= 0.3 is 17.3 Å². The number of nitrogens with zero attached hydrogens (tertiary/aromatic N) is 2. The molecule has 0 fully saturated rings. The van der Waals surface area contributed by atoms with E-state index in [1.165, 1.54) is 14.2 Å². The second-order valence-electron chi connectivity index (χ2n) is 4.85. The Balaban J connectivity index is 3.08. The fraction of sp³-hybridized carbons (Fsp3) is 0.286. The number of ether oxygens (including phenoxy) is 3. The minimum absolute atomic E-state index is 0.123. The average Bonchev–Trinajstić information content (AvgIpc) is 2.56. The van der Waals surface area contributed by atoms with Crippen LogP contribution in [0.4, 0.5) is 11.4 Å². The lowest BCUT2D eigenvalue weighted by Gasteiger charge is -2.12. The number of carbonyl (C=O) groups excluding carboxylic acids is 1. The van der Waals surface area contributed by atoms with Gasteiger partial charge in [0.1, 0.15) is 12.0 Å². The van der Waals surface area contributed by atoms with Gasteiger partial charge in [-0.3, -0.25) is 25.0 Å². The van der Waals surface area contributed by atoms with Gasteiger partial charge in [-0.1, -0.05) is 0 Å². The van der Waals surface area contributed by atoms with E-state index in [0.29, 0.717) is 0 Å². The summed E-state index contributed by atoms with van der Waals surface area (Å²) in [7, 11) is 2.40. The van der Waals surface area contributed by atoms with Gasteiger partial charge in [0.25, 0.3) is 5.69 Å². The molecule has 0 saturated carbocycles. The van der Waals surface area contributed by atoms with E-state index >= 15 is 0 Å². The third kappa shape index (κ3) is 3.11. The van der Waals surface area contributed by atoms with Crippen molar-refractivity contribution in [2.45, 2.75) is 13.5 Å². The number of nitro groups is 2. The molecule has 0 aliphatic carbocycles. The lowest BCUT2D eigenvalue weighted by Crippen LogP contribution is -2.14. The molecule has 2 aromatic rings. The zero-order chi connectivity index (χ0) is 19.6. The number of benzene rings is 1. The highest BCUT2D eigenvalue weighted by atomic mass is 16.6. The quantitative estimate of drug-likeness (QED) is 0.317. The summed E-state index contributed by atoms with van der Waals surface area (Å²) in [5, 5.41) is 22.3.